The van der Waals surface area contributed by atoms with Crippen molar-refractivity contribution in [3.05, 3.63) is 12.2 Å². The first-order chi connectivity index (χ1) is 9.06. The third kappa shape index (κ3) is 3.70. The standard InChI is InChI=1S/C13H22N4O2/c14-11-4-3-10(6-11)12(18)17-5-1-2-9(8-17)7-16-13(15)19/h3-4,9-11H,1-2,5-8,14H2,(H3,15,16,19). The summed E-state index contributed by atoms with van der Waals surface area (Å²) in [7, 11) is 0. The van der Waals surface area contributed by atoms with Crippen LogP contribution in [0.3, 0.4) is 0 Å². The molecule has 5 N–H and O–H groups in total. The zero-order chi connectivity index (χ0) is 13.8. The van der Waals surface area contributed by atoms with Crippen LogP contribution in [0.4, 0.5) is 4.79 Å². The van der Waals surface area contributed by atoms with E-state index < -0.39 is 6.03 Å². The highest BCUT2D eigenvalue weighted by Gasteiger charge is 2.30. The van der Waals surface area contributed by atoms with Gasteiger partial charge in [-0.2, -0.15) is 0 Å². The Morgan fingerprint density at radius 3 is 2.79 bits per heavy atom. The molecule has 0 aromatic heterocycles. The van der Waals surface area contributed by atoms with E-state index in [1.165, 1.54) is 0 Å². The van der Waals surface area contributed by atoms with Crippen LogP contribution in [-0.2, 0) is 4.79 Å². The Morgan fingerprint density at radius 2 is 2.16 bits per heavy atom. The molecule has 0 radical (unpaired) electrons. The average Bonchev–Trinajstić information content (AvgIpc) is 2.82. The summed E-state index contributed by atoms with van der Waals surface area (Å²) in [5.41, 5.74) is 10.8. The molecule has 3 atom stereocenters. The summed E-state index contributed by atoms with van der Waals surface area (Å²) in [5.74, 6) is 0.384. The minimum atomic E-state index is -0.506. The summed E-state index contributed by atoms with van der Waals surface area (Å²) in [4.78, 5) is 24.9. The van der Waals surface area contributed by atoms with Crippen molar-refractivity contribution in [2.45, 2.75) is 25.3 Å². The molecular weight excluding hydrogens is 244 g/mol. The van der Waals surface area contributed by atoms with Crippen molar-refractivity contribution in [3.63, 3.8) is 0 Å². The van der Waals surface area contributed by atoms with Gasteiger partial charge in [0, 0.05) is 25.7 Å². The third-order valence-electron chi connectivity index (χ3n) is 3.83. The van der Waals surface area contributed by atoms with E-state index in [9.17, 15) is 9.59 Å². The van der Waals surface area contributed by atoms with Crippen molar-refractivity contribution in [2.24, 2.45) is 23.3 Å². The third-order valence-corrected chi connectivity index (χ3v) is 3.83. The number of nitrogens with zero attached hydrogens (tertiary/aromatic N) is 1. The maximum atomic E-state index is 12.3. The second-order valence-electron chi connectivity index (χ2n) is 5.43. The van der Waals surface area contributed by atoms with Crippen LogP contribution in [0.2, 0.25) is 0 Å². The average molecular weight is 266 g/mol. The molecule has 1 aliphatic carbocycles. The number of carbonyl (C=O) groups excluding carboxylic acids is 2. The van der Waals surface area contributed by atoms with Gasteiger partial charge in [0.05, 0.1) is 5.92 Å². The molecule has 0 spiro atoms. The first-order valence-electron chi connectivity index (χ1n) is 6.82. The van der Waals surface area contributed by atoms with Crippen molar-refractivity contribution >= 4 is 11.9 Å². The monoisotopic (exact) mass is 266 g/mol. The summed E-state index contributed by atoms with van der Waals surface area (Å²) < 4.78 is 0. The SMILES string of the molecule is NC(=O)NCC1CCCN(C(=O)C2C=CC(N)C2)C1. The van der Waals surface area contributed by atoms with E-state index in [1.54, 1.807) is 0 Å². The lowest BCUT2D eigenvalue weighted by molar-refractivity contribution is -0.135. The largest absolute Gasteiger partial charge is 0.352 e. The molecule has 0 aromatic carbocycles. The minimum absolute atomic E-state index is 0.00562. The Kier molecular flexibility index (Phi) is 4.42. The molecule has 0 saturated carbocycles. The number of nitrogens with two attached hydrogens (primary N) is 2. The number of likely N-dealkylation sites (tertiary alicyclic amines) is 1. The summed E-state index contributed by atoms with van der Waals surface area (Å²) in [6.45, 7) is 2.03. The number of carbonyl (C=O) groups is 2. The van der Waals surface area contributed by atoms with Crippen molar-refractivity contribution in [1.82, 2.24) is 10.2 Å². The summed E-state index contributed by atoms with van der Waals surface area (Å²) in [6.07, 6.45) is 6.51. The van der Waals surface area contributed by atoms with E-state index in [2.05, 4.69) is 5.32 Å². The van der Waals surface area contributed by atoms with E-state index in [-0.39, 0.29) is 17.9 Å². The van der Waals surface area contributed by atoms with Crippen LogP contribution in [-0.4, -0.2) is 42.5 Å². The van der Waals surface area contributed by atoms with Crippen molar-refractivity contribution in [2.75, 3.05) is 19.6 Å². The lowest BCUT2D eigenvalue weighted by Crippen LogP contribution is -2.46. The molecule has 3 unspecified atom stereocenters. The molecule has 0 bridgehead atoms. The lowest BCUT2D eigenvalue weighted by Gasteiger charge is -2.34. The van der Waals surface area contributed by atoms with E-state index in [0.29, 0.717) is 25.4 Å². The van der Waals surface area contributed by atoms with Gasteiger partial charge in [-0.25, -0.2) is 4.79 Å². The van der Waals surface area contributed by atoms with Crippen LogP contribution in [0.15, 0.2) is 12.2 Å². The number of hydrogen-bond acceptors (Lipinski definition) is 3. The Hall–Kier alpha value is -1.56. The fourth-order valence-electron chi connectivity index (χ4n) is 2.82. The molecule has 2 rings (SSSR count). The number of amides is 3. The maximum absolute atomic E-state index is 12.3. The Bertz CT molecular complexity index is 383. The van der Waals surface area contributed by atoms with E-state index in [1.807, 2.05) is 17.1 Å². The normalized spacial score (nSPS) is 30.4. The van der Waals surface area contributed by atoms with E-state index in [0.717, 1.165) is 19.4 Å². The predicted octanol–water partition coefficient (Wildman–Crippen LogP) is -0.203. The molecule has 1 heterocycles. The van der Waals surface area contributed by atoms with Crippen LogP contribution in [0.25, 0.3) is 0 Å². The number of piperidine rings is 1. The van der Waals surface area contributed by atoms with Gasteiger partial charge in [0.15, 0.2) is 0 Å². The van der Waals surface area contributed by atoms with Gasteiger partial charge in [-0.05, 0) is 25.2 Å². The topological polar surface area (TPSA) is 101 Å². The number of rotatable bonds is 3. The number of nitrogens with one attached hydrogen (secondary N) is 1. The van der Waals surface area contributed by atoms with Gasteiger partial charge in [0.2, 0.25) is 5.91 Å². The first kappa shape index (κ1) is 13.9. The van der Waals surface area contributed by atoms with Crippen molar-refractivity contribution < 1.29 is 9.59 Å². The van der Waals surface area contributed by atoms with Gasteiger partial charge in [0.1, 0.15) is 0 Å². The molecule has 3 amide bonds. The van der Waals surface area contributed by atoms with Gasteiger partial charge in [0.25, 0.3) is 0 Å². The molecule has 6 heteroatoms. The van der Waals surface area contributed by atoms with Gasteiger partial charge < -0.3 is 21.7 Å². The Balaban J connectivity index is 1.85. The molecule has 19 heavy (non-hydrogen) atoms. The molecule has 1 saturated heterocycles. The highest BCUT2D eigenvalue weighted by atomic mass is 16.2. The van der Waals surface area contributed by atoms with Gasteiger partial charge in [-0.1, -0.05) is 12.2 Å². The fraction of sp³-hybridized carbons (Fsp3) is 0.692. The van der Waals surface area contributed by atoms with Crippen LogP contribution < -0.4 is 16.8 Å². The number of urea groups is 1. The Morgan fingerprint density at radius 1 is 1.37 bits per heavy atom. The summed E-state index contributed by atoms with van der Waals surface area (Å²) in [6, 6.07) is -0.501. The second-order valence-corrected chi connectivity index (χ2v) is 5.43. The van der Waals surface area contributed by atoms with Crippen LogP contribution >= 0.6 is 0 Å². The fourth-order valence-corrected chi connectivity index (χ4v) is 2.82. The molecule has 106 valence electrons. The zero-order valence-corrected chi connectivity index (χ0v) is 11.0. The van der Waals surface area contributed by atoms with E-state index >= 15 is 0 Å². The summed E-state index contributed by atoms with van der Waals surface area (Å²) in [5, 5.41) is 2.62. The molecule has 0 aromatic rings. The quantitative estimate of drug-likeness (QED) is 0.616. The minimum Gasteiger partial charge on any atom is -0.352 e. The van der Waals surface area contributed by atoms with Crippen molar-refractivity contribution in [1.29, 1.82) is 0 Å². The van der Waals surface area contributed by atoms with Crippen LogP contribution in [0.1, 0.15) is 19.3 Å². The highest BCUT2D eigenvalue weighted by Crippen LogP contribution is 2.23. The molecule has 2 aliphatic rings. The molecule has 6 nitrogen and oxygen atoms in total. The summed E-state index contributed by atoms with van der Waals surface area (Å²) >= 11 is 0. The predicted molar refractivity (Wildman–Crippen MR) is 72.1 cm³/mol. The maximum Gasteiger partial charge on any atom is 0.312 e. The highest BCUT2D eigenvalue weighted by molar-refractivity contribution is 5.81. The second kappa shape index (κ2) is 6.06. The van der Waals surface area contributed by atoms with Crippen molar-refractivity contribution in [3.8, 4) is 0 Å². The van der Waals surface area contributed by atoms with Gasteiger partial charge in [-0.3, -0.25) is 4.79 Å². The number of primary amides is 1. The van der Waals surface area contributed by atoms with Gasteiger partial charge >= 0.3 is 6.03 Å². The molecular formula is C13H22N4O2. The van der Waals surface area contributed by atoms with E-state index in [4.69, 9.17) is 11.5 Å². The Labute approximate surface area is 113 Å². The smallest absolute Gasteiger partial charge is 0.312 e. The lowest BCUT2D eigenvalue weighted by atomic mass is 9.96. The zero-order valence-electron chi connectivity index (χ0n) is 11.0. The van der Waals surface area contributed by atoms with Gasteiger partial charge in [-0.15, -0.1) is 0 Å². The number of hydrogen-bond donors (Lipinski definition) is 3. The molecule has 1 fully saturated rings. The van der Waals surface area contributed by atoms with Crippen LogP contribution in [0.5, 0.6) is 0 Å². The first-order valence-corrected chi connectivity index (χ1v) is 6.82. The van der Waals surface area contributed by atoms with Crippen LogP contribution in [0, 0.1) is 11.8 Å². The molecule has 1 aliphatic heterocycles.